The van der Waals surface area contributed by atoms with Crippen LogP contribution in [0.2, 0.25) is 0 Å². The van der Waals surface area contributed by atoms with Crippen molar-refractivity contribution in [1.82, 2.24) is 15.0 Å². The predicted molar refractivity (Wildman–Crippen MR) is 129 cm³/mol. The topological polar surface area (TPSA) is 129 Å². The number of phenolic OH excluding ortho intramolecular Hbond substituents is 1. The van der Waals surface area contributed by atoms with E-state index >= 15 is 0 Å². The quantitative estimate of drug-likeness (QED) is 0.312. The molecule has 1 aromatic heterocycles. The van der Waals surface area contributed by atoms with Gasteiger partial charge in [0.1, 0.15) is 5.75 Å². The van der Waals surface area contributed by atoms with Crippen LogP contribution in [0.15, 0.2) is 42.5 Å². The van der Waals surface area contributed by atoms with Crippen LogP contribution < -0.4 is 15.4 Å². The Balaban J connectivity index is 1.67. The number of benzene rings is 2. The Morgan fingerprint density at radius 3 is 2.24 bits per heavy atom. The highest BCUT2D eigenvalue weighted by atomic mass is 19.4. The summed E-state index contributed by atoms with van der Waals surface area (Å²) >= 11 is 0. The molecular weight excluding hydrogens is 491 g/mol. The maximum atomic E-state index is 12.8. The van der Waals surface area contributed by atoms with Crippen molar-refractivity contribution < 1.29 is 32.9 Å². The maximum Gasteiger partial charge on any atom is 0.422 e. The molecule has 1 fully saturated rings. The van der Waals surface area contributed by atoms with E-state index in [-0.39, 0.29) is 23.2 Å². The first-order valence-electron chi connectivity index (χ1n) is 11.4. The molecule has 0 spiro atoms. The van der Waals surface area contributed by atoms with Crippen molar-refractivity contribution in [2.75, 3.05) is 17.2 Å². The lowest BCUT2D eigenvalue weighted by atomic mass is 9.83. The van der Waals surface area contributed by atoms with Gasteiger partial charge in [0.05, 0.1) is 11.1 Å². The highest BCUT2D eigenvalue weighted by molar-refractivity contribution is 5.90. The van der Waals surface area contributed by atoms with Gasteiger partial charge in [0, 0.05) is 5.69 Å². The summed E-state index contributed by atoms with van der Waals surface area (Å²) in [5.41, 5.74) is 0.937. The van der Waals surface area contributed by atoms with E-state index in [1.165, 1.54) is 12.1 Å². The summed E-state index contributed by atoms with van der Waals surface area (Å²) in [5.74, 6) is -1.05. The number of rotatable bonds is 8. The molecule has 3 aromatic rings. The lowest BCUT2D eigenvalue weighted by molar-refractivity contribution is -0.154. The van der Waals surface area contributed by atoms with Gasteiger partial charge in [-0.3, -0.25) is 0 Å². The Hall–Kier alpha value is -4.09. The molecule has 196 valence electrons. The number of phenols is 1. The van der Waals surface area contributed by atoms with Crippen LogP contribution in [0.5, 0.6) is 11.8 Å². The van der Waals surface area contributed by atoms with Gasteiger partial charge >= 0.3 is 18.2 Å². The fraction of sp³-hybridized carbons (Fsp3) is 0.360. The van der Waals surface area contributed by atoms with E-state index in [4.69, 9.17) is 4.74 Å². The number of alkyl halides is 3. The van der Waals surface area contributed by atoms with Crippen LogP contribution in [0.3, 0.4) is 0 Å². The van der Waals surface area contributed by atoms with E-state index in [1.807, 2.05) is 20.8 Å². The van der Waals surface area contributed by atoms with Crippen LogP contribution in [0.4, 0.5) is 30.8 Å². The molecular formula is C25H26F3N5O4. The van der Waals surface area contributed by atoms with Crippen molar-refractivity contribution in [3.63, 3.8) is 0 Å². The second kappa shape index (κ2) is 9.41. The number of halogens is 3. The third-order valence-corrected chi connectivity index (χ3v) is 5.81. The molecule has 1 aliphatic rings. The largest absolute Gasteiger partial charge is 0.508 e. The fourth-order valence-corrected chi connectivity index (χ4v) is 3.84. The van der Waals surface area contributed by atoms with E-state index < -0.39 is 35.7 Å². The zero-order valence-corrected chi connectivity index (χ0v) is 20.3. The summed E-state index contributed by atoms with van der Waals surface area (Å²) in [5, 5.41) is 25.2. The minimum atomic E-state index is -4.59. The molecule has 1 saturated carbocycles. The minimum Gasteiger partial charge on any atom is -0.508 e. The van der Waals surface area contributed by atoms with Gasteiger partial charge in [-0.2, -0.15) is 28.1 Å². The maximum absolute atomic E-state index is 12.8. The Bertz CT molecular complexity index is 1300. The lowest BCUT2D eigenvalue weighted by Crippen LogP contribution is -2.23. The second-order valence-electron chi connectivity index (χ2n) is 9.86. The summed E-state index contributed by atoms with van der Waals surface area (Å²) in [6.07, 6.45) is -3.15. The molecule has 1 aliphatic carbocycles. The van der Waals surface area contributed by atoms with Gasteiger partial charge in [-0.1, -0.05) is 32.9 Å². The third kappa shape index (κ3) is 6.38. The normalized spacial score (nSPS) is 14.6. The smallest absolute Gasteiger partial charge is 0.422 e. The Kier molecular flexibility index (Phi) is 6.61. The van der Waals surface area contributed by atoms with E-state index in [2.05, 4.69) is 25.6 Å². The number of anilines is 3. The molecule has 37 heavy (non-hydrogen) atoms. The molecule has 1 heterocycles. The van der Waals surface area contributed by atoms with Crippen molar-refractivity contribution in [1.29, 1.82) is 0 Å². The van der Waals surface area contributed by atoms with Gasteiger partial charge < -0.3 is 25.6 Å². The molecule has 0 saturated heterocycles. The summed E-state index contributed by atoms with van der Waals surface area (Å²) in [6.45, 7) is 4.02. The third-order valence-electron chi connectivity index (χ3n) is 5.81. The minimum absolute atomic E-state index is 0.00143. The number of aromatic carboxylic acids is 1. The van der Waals surface area contributed by atoms with Gasteiger partial charge in [0.15, 0.2) is 6.61 Å². The summed E-state index contributed by atoms with van der Waals surface area (Å²) in [6, 6.07) is 10.6. The second-order valence-corrected chi connectivity index (χ2v) is 9.86. The number of carboxylic acid groups (broad SMARTS) is 1. The molecule has 0 amide bonds. The van der Waals surface area contributed by atoms with Crippen molar-refractivity contribution in [2.24, 2.45) is 0 Å². The Labute approximate surface area is 210 Å². The van der Waals surface area contributed by atoms with Gasteiger partial charge in [0.25, 0.3) is 0 Å². The average Bonchev–Trinajstić information content (AvgIpc) is 3.57. The molecule has 0 aliphatic heterocycles. The number of hydrogen-bond donors (Lipinski definition) is 4. The number of nitrogens with zero attached hydrogens (tertiary/aromatic N) is 3. The first-order chi connectivity index (χ1) is 17.2. The fourth-order valence-electron chi connectivity index (χ4n) is 3.84. The SMILES string of the molecule is CC(C)(C)c1cc(Nc2nc(NC3(c4ccc(O)cc4)CC3)nc(OCC(F)(F)F)n2)ccc1C(=O)O. The van der Waals surface area contributed by atoms with Gasteiger partial charge in [0.2, 0.25) is 11.9 Å². The molecule has 4 N–H and O–H groups in total. The predicted octanol–water partition coefficient (Wildman–Crippen LogP) is 5.36. The van der Waals surface area contributed by atoms with Crippen LogP contribution in [0.25, 0.3) is 0 Å². The van der Waals surface area contributed by atoms with Crippen LogP contribution in [-0.2, 0) is 11.0 Å². The number of aromatic hydroxyl groups is 1. The zero-order valence-electron chi connectivity index (χ0n) is 20.3. The van der Waals surface area contributed by atoms with Gasteiger partial charge in [-0.15, -0.1) is 0 Å². The molecule has 0 atom stereocenters. The molecule has 12 heteroatoms. The molecule has 2 aromatic carbocycles. The number of carbonyl (C=O) groups is 1. The Morgan fingerprint density at radius 1 is 1.03 bits per heavy atom. The summed E-state index contributed by atoms with van der Waals surface area (Å²) < 4.78 is 43.2. The summed E-state index contributed by atoms with van der Waals surface area (Å²) in [7, 11) is 0. The van der Waals surface area contributed by atoms with E-state index in [0.717, 1.165) is 18.4 Å². The van der Waals surface area contributed by atoms with E-state index in [1.54, 1.807) is 30.3 Å². The first-order valence-corrected chi connectivity index (χ1v) is 11.4. The van der Waals surface area contributed by atoms with Crippen LogP contribution in [-0.4, -0.2) is 43.9 Å². The summed E-state index contributed by atoms with van der Waals surface area (Å²) in [4.78, 5) is 24.0. The van der Waals surface area contributed by atoms with Crippen molar-refractivity contribution in [3.05, 3.63) is 59.2 Å². The van der Waals surface area contributed by atoms with Crippen LogP contribution in [0, 0.1) is 0 Å². The number of nitrogens with one attached hydrogen (secondary N) is 2. The van der Waals surface area contributed by atoms with Crippen molar-refractivity contribution in [2.45, 2.75) is 50.7 Å². The molecule has 0 bridgehead atoms. The monoisotopic (exact) mass is 517 g/mol. The first kappa shape index (κ1) is 26.0. The standard InChI is InChI=1S/C25H26F3N5O4/c1-23(2,3)18-12-15(6-9-17(18)19(35)36)29-20-30-21(32-22(31-20)37-13-25(26,27)28)33-24(10-11-24)14-4-7-16(34)8-5-14/h4-9,12,34H,10-11,13H2,1-3H3,(H,35,36)(H2,29,30,31,32,33). The highest BCUT2D eigenvalue weighted by Crippen LogP contribution is 2.48. The number of hydrogen-bond acceptors (Lipinski definition) is 8. The number of aromatic nitrogens is 3. The molecule has 9 nitrogen and oxygen atoms in total. The van der Waals surface area contributed by atoms with Crippen LogP contribution >= 0.6 is 0 Å². The van der Waals surface area contributed by atoms with Crippen LogP contribution in [0.1, 0.15) is 55.1 Å². The van der Waals surface area contributed by atoms with Gasteiger partial charge in [-0.25, -0.2) is 4.79 Å². The van der Waals surface area contributed by atoms with Gasteiger partial charge in [-0.05, 0) is 59.7 Å². The molecule has 0 radical (unpaired) electrons. The Morgan fingerprint density at radius 2 is 1.68 bits per heavy atom. The van der Waals surface area contributed by atoms with E-state index in [9.17, 15) is 28.2 Å². The lowest BCUT2D eigenvalue weighted by Gasteiger charge is -2.22. The molecule has 4 rings (SSSR count). The zero-order chi connectivity index (χ0) is 27.0. The van der Waals surface area contributed by atoms with E-state index in [0.29, 0.717) is 11.3 Å². The van der Waals surface area contributed by atoms with Crippen molar-refractivity contribution >= 4 is 23.6 Å². The average molecular weight is 518 g/mol. The number of ether oxygens (including phenoxy) is 1. The molecule has 0 unspecified atom stereocenters. The highest BCUT2D eigenvalue weighted by Gasteiger charge is 2.45. The van der Waals surface area contributed by atoms with Crippen molar-refractivity contribution in [3.8, 4) is 11.8 Å². The number of carboxylic acids is 1.